The highest BCUT2D eigenvalue weighted by Gasteiger charge is 2.47. The van der Waals surface area contributed by atoms with Gasteiger partial charge in [-0.1, -0.05) is 18.2 Å². The van der Waals surface area contributed by atoms with Crippen LogP contribution in [0.3, 0.4) is 0 Å². The summed E-state index contributed by atoms with van der Waals surface area (Å²) in [5, 5.41) is 5.29. The molecule has 3 rings (SSSR count). The molecule has 1 fully saturated rings. The van der Waals surface area contributed by atoms with Gasteiger partial charge in [-0.2, -0.15) is 18.3 Å². The smallest absolute Gasteiger partial charge is 0.437 e. The van der Waals surface area contributed by atoms with Crippen LogP contribution in [0.4, 0.5) is 13.2 Å². The Kier molecular flexibility index (Phi) is 3.79. The molecule has 0 bridgehead atoms. The van der Waals surface area contributed by atoms with E-state index in [-0.39, 0.29) is 18.8 Å². The molecule has 1 aromatic carbocycles. The van der Waals surface area contributed by atoms with Crippen LogP contribution in [-0.4, -0.2) is 27.7 Å². The zero-order valence-corrected chi connectivity index (χ0v) is 12.2. The second-order valence-electron chi connectivity index (χ2n) is 5.95. The van der Waals surface area contributed by atoms with Gasteiger partial charge in [0.15, 0.2) is 5.72 Å². The molecule has 124 valence electrons. The number of rotatable bonds is 3. The summed E-state index contributed by atoms with van der Waals surface area (Å²) in [7, 11) is 0. The van der Waals surface area contributed by atoms with E-state index in [1.165, 1.54) is 0 Å². The van der Waals surface area contributed by atoms with Crippen LogP contribution in [-0.2, 0) is 16.1 Å². The molecule has 0 amide bonds. The number of fused-ring (bicyclic) bond motifs is 1. The van der Waals surface area contributed by atoms with Crippen molar-refractivity contribution >= 4 is 16.9 Å². The van der Waals surface area contributed by atoms with Crippen LogP contribution in [0.5, 0.6) is 0 Å². The van der Waals surface area contributed by atoms with Crippen molar-refractivity contribution < 1.29 is 22.7 Å². The van der Waals surface area contributed by atoms with E-state index in [0.717, 1.165) is 10.9 Å². The highest BCUT2D eigenvalue weighted by molar-refractivity contribution is 5.78. The molecule has 0 aliphatic heterocycles. The zero-order chi connectivity index (χ0) is 16.7. The normalized spacial score (nSPS) is 25.0. The lowest BCUT2D eigenvalue weighted by Crippen LogP contribution is -2.45. The van der Waals surface area contributed by atoms with E-state index in [9.17, 15) is 18.0 Å². The number of halogens is 3. The van der Waals surface area contributed by atoms with Gasteiger partial charge < -0.3 is 4.74 Å². The number of ether oxygens (including phenoxy) is 1. The average Bonchev–Trinajstić information content (AvgIpc) is 3.03. The summed E-state index contributed by atoms with van der Waals surface area (Å²) in [6.07, 6.45) is -2.32. The molecule has 0 unspecified atom stereocenters. The van der Waals surface area contributed by atoms with E-state index in [1.54, 1.807) is 10.9 Å². The summed E-state index contributed by atoms with van der Waals surface area (Å²) in [5.74, 6) is -2.23. The molecule has 5 nitrogen and oxygen atoms in total. The average molecular weight is 327 g/mol. The topological polar surface area (TPSA) is 70.1 Å². The van der Waals surface area contributed by atoms with Gasteiger partial charge in [0.25, 0.3) is 0 Å². The van der Waals surface area contributed by atoms with Gasteiger partial charge in [0.05, 0.1) is 11.7 Å². The minimum absolute atomic E-state index is 0.00402. The molecular weight excluding hydrogens is 311 g/mol. The Morgan fingerprint density at radius 3 is 2.91 bits per heavy atom. The maximum atomic E-state index is 12.3. The Balaban J connectivity index is 1.67. The summed E-state index contributed by atoms with van der Waals surface area (Å²) in [4.78, 5) is 11.0. The number of nitrogens with two attached hydrogens (primary N) is 1. The molecule has 2 N–H and O–H groups in total. The quantitative estimate of drug-likeness (QED) is 0.695. The van der Waals surface area contributed by atoms with Crippen molar-refractivity contribution in [1.29, 1.82) is 0 Å². The van der Waals surface area contributed by atoms with E-state index in [2.05, 4.69) is 9.84 Å². The highest BCUT2D eigenvalue weighted by atomic mass is 19.4. The van der Waals surface area contributed by atoms with Crippen LogP contribution < -0.4 is 5.73 Å². The summed E-state index contributed by atoms with van der Waals surface area (Å²) < 4.78 is 43.2. The van der Waals surface area contributed by atoms with Gasteiger partial charge in [0.1, 0.15) is 0 Å². The van der Waals surface area contributed by atoms with Gasteiger partial charge in [-0.15, -0.1) is 0 Å². The molecule has 1 aromatic heterocycles. The third-order valence-corrected chi connectivity index (χ3v) is 4.12. The lowest BCUT2D eigenvalue weighted by Gasteiger charge is -2.25. The number of esters is 1. The summed E-state index contributed by atoms with van der Waals surface area (Å²) in [6.45, 7) is 0.524. The number of hydrogen-bond donors (Lipinski definition) is 1. The monoisotopic (exact) mass is 327 g/mol. The van der Waals surface area contributed by atoms with Crippen LogP contribution in [0.15, 0.2) is 30.5 Å². The van der Waals surface area contributed by atoms with E-state index in [4.69, 9.17) is 5.73 Å². The first kappa shape index (κ1) is 15.8. The van der Waals surface area contributed by atoms with Crippen LogP contribution in [0, 0.1) is 5.92 Å². The molecule has 0 saturated heterocycles. The van der Waals surface area contributed by atoms with Gasteiger partial charge in [0, 0.05) is 24.8 Å². The fraction of sp³-hybridized carbons (Fsp3) is 0.467. The van der Waals surface area contributed by atoms with Crippen LogP contribution in [0.25, 0.3) is 10.9 Å². The van der Waals surface area contributed by atoms with Crippen molar-refractivity contribution in [1.82, 2.24) is 9.78 Å². The van der Waals surface area contributed by atoms with Gasteiger partial charge in [-0.25, -0.2) is 4.79 Å². The number of hydrogen-bond acceptors (Lipinski definition) is 4. The van der Waals surface area contributed by atoms with Gasteiger partial charge in [-0.3, -0.25) is 10.4 Å². The lowest BCUT2D eigenvalue weighted by molar-refractivity contribution is -0.213. The molecule has 1 saturated carbocycles. The number of benzene rings is 1. The van der Waals surface area contributed by atoms with Crippen molar-refractivity contribution in [2.24, 2.45) is 11.7 Å². The predicted molar refractivity (Wildman–Crippen MR) is 76.1 cm³/mol. The third-order valence-electron chi connectivity index (χ3n) is 4.12. The summed E-state index contributed by atoms with van der Waals surface area (Å²) in [5.41, 5.74) is 5.21. The standard InChI is InChI=1S/C15H16F3N3O2/c16-15(17,18)13(22)23-14(19)6-5-10(7-14)9-21-12-4-2-1-3-11(12)8-20-21/h1-4,8,10H,5-7,9,19H2/t10-,14+/m1/s1. The van der Waals surface area contributed by atoms with E-state index >= 15 is 0 Å². The highest BCUT2D eigenvalue weighted by Crippen LogP contribution is 2.36. The molecular formula is C15H16F3N3O2. The lowest BCUT2D eigenvalue weighted by atomic mass is 10.1. The SMILES string of the molecule is N[C@]1(OC(=O)C(F)(F)F)CC[C@@H](Cn2ncc3ccccc32)C1. The second-order valence-corrected chi connectivity index (χ2v) is 5.95. The van der Waals surface area contributed by atoms with Crippen molar-refractivity contribution in [3.63, 3.8) is 0 Å². The third kappa shape index (κ3) is 3.31. The number of nitrogens with zero attached hydrogens (tertiary/aromatic N) is 2. The molecule has 0 spiro atoms. The number of para-hydroxylation sites is 1. The Bertz CT molecular complexity index is 728. The molecule has 2 aromatic rings. The minimum Gasteiger partial charge on any atom is -0.437 e. The number of aromatic nitrogens is 2. The molecule has 23 heavy (non-hydrogen) atoms. The van der Waals surface area contributed by atoms with Crippen molar-refractivity contribution in [3.8, 4) is 0 Å². The maximum Gasteiger partial charge on any atom is 0.490 e. The van der Waals surface area contributed by atoms with E-state index in [1.807, 2.05) is 24.3 Å². The largest absolute Gasteiger partial charge is 0.490 e. The van der Waals surface area contributed by atoms with Crippen LogP contribution >= 0.6 is 0 Å². The summed E-state index contributed by atoms with van der Waals surface area (Å²) in [6, 6.07) is 7.67. The Morgan fingerprint density at radius 2 is 2.17 bits per heavy atom. The van der Waals surface area contributed by atoms with Crippen molar-refractivity contribution in [3.05, 3.63) is 30.5 Å². The molecule has 0 radical (unpaired) electrons. The van der Waals surface area contributed by atoms with E-state index < -0.39 is 17.9 Å². The molecule has 1 aliphatic carbocycles. The Morgan fingerprint density at radius 1 is 1.43 bits per heavy atom. The second kappa shape index (κ2) is 5.52. The van der Waals surface area contributed by atoms with Crippen molar-refractivity contribution in [2.45, 2.75) is 37.7 Å². The van der Waals surface area contributed by atoms with Crippen LogP contribution in [0.1, 0.15) is 19.3 Å². The maximum absolute atomic E-state index is 12.3. The van der Waals surface area contributed by atoms with Gasteiger partial charge in [0.2, 0.25) is 0 Å². The predicted octanol–water partition coefficient (Wildman–Crippen LogP) is 2.60. The Hall–Kier alpha value is -2.09. The molecule has 1 aliphatic rings. The summed E-state index contributed by atoms with van der Waals surface area (Å²) >= 11 is 0. The van der Waals surface area contributed by atoms with E-state index in [0.29, 0.717) is 13.0 Å². The number of carbonyl (C=O) groups excluding carboxylic acids is 1. The fourth-order valence-electron chi connectivity index (χ4n) is 3.05. The molecule has 2 atom stereocenters. The fourth-order valence-corrected chi connectivity index (χ4v) is 3.05. The Labute approximate surface area is 130 Å². The first-order chi connectivity index (χ1) is 10.8. The number of alkyl halides is 3. The van der Waals surface area contributed by atoms with Gasteiger partial charge in [-0.05, 0) is 18.4 Å². The minimum atomic E-state index is -5.03. The van der Waals surface area contributed by atoms with Crippen LogP contribution in [0.2, 0.25) is 0 Å². The first-order valence-electron chi connectivity index (χ1n) is 7.26. The van der Waals surface area contributed by atoms with Crippen molar-refractivity contribution in [2.75, 3.05) is 0 Å². The zero-order valence-electron chi connectivity index (χ0n) is 12.2. The molecule has 8 heteroatoms. The molecule has 1 heterocycles. The number of carbonyl (C=O) groups is 1. The van der Waals surface area contributed by atoms with Gasteiger partial charge >= 0.3 is 12.1 Å². The first-order valence-corrected chi connectivity index (χ1v) is 7.26.